The first-order chi connectivity index (χ1) is 9.00. The van der Waals surface area contributed by atoms with Crippen LogP contribution in [-0.2, 0) is 10.0 Å². The molecular weight excluding hydrogens is 272 g/mol. The van der Waals surface area contributed by atoms with Gasteiger partial charge in [0, 0.05) is 24.8 Å². The summed E-state index contributed by atoms with van der Waals surface area (Å²) >= 11 is 0. The number of nitrogens with zero attached hydrogens (tertiary/aromatic N) is 2. The Balaban J connectivity index is 2.17. The third kappa shape index (κ3) is 3.25. The fourth-order valence-electron chi connectivity index (χ4n) is 1.94. The van der Waals surface area contributed by atoms with Crippen molar-refractivity contribution in [1.82, 2.24) is 15.0 Å². The molecule has 0 bridgehead atoms. The summed E-state index contributed by atoms with van der Waals surface area (Å²) in [4.78, 5) is 13.6. The molecule has 104 valence electrons. The van der Waals surface area contributed by atoms with Crippen molar-refractivity contribution in [2.75, 3.05) is 13.1 Å². The lowest BCUT2D eigenvalue weighted by Gasteiger charge is -2.11. The van der Waals surface area contributed by atoms with Crippen LogP contribution in [0.5, 0.6) is 0 Å². The zero-order valence-corrected chi connectivity index (χ0v) is 10.9. The van der Waals surface area contributed by atoms with E-state index in [1.807, 2.05) is 0 Å². The van der Waals surface area contributed by atoms with E-state index in [-0.39, 0.29) is 12.6 Å². The maximum Gasteiger partial charge on any atom is 0.308 e. The van der Waals surface area contributed by atoms with Crippen molar-refractivity contribution in [3.05, 3.63) is 28.4 Å². The van der Waals surface area contributed by atoms with E-state index in [0.717, 1.165) is 25.5 Å². The Morgan fingerprint density at radius 3 is 3.00 bits per heavy atom. The zero-order chi connectivity index (χ0) is 13.9. The molecule has 1 unspecified atom stereocenters. The number of pyridine rings is 1. The van der Waals surface area contributed by atoms with Gasteiger partial charge in [-0.1, -0.05) is 0 Å². The van der Waals surface area contributed by atoms with Gasteiger partial charge in [-0.05, 0) is 25.5 Å². The minimum absolute atomic E-state index is 0.0672. The van der Waals surface area contributed by atoms with Gasteiger partial charge < -0.3 is 5.32 Å². The summed E-state index contributed by atoms with van der Waals surface area (Å²) in [6, 6.07) is 2.52. The van der Waals surface area contributed by atoms with Crippen LogP contribution in [0.2, 0.25) is 0 Å². The van der Waals surface area contributed by atoms with Crippen molar-refractivity contribution >= 4 is 15.7 Å². The van der Waals surface area contributed by atoms with E-state index in [0.29, 0.717) is 0 Å². The van der Waals surface area contributed by atoms with Crippen molar-refractivity contribution in [3.8, 4) is 0 Å². The second-order valence-corrected chi connectivity index (χ2v) is 5.91. The Bertz CT molecular complexity index is 569. The van der Waals surface area contributed by atoms with Crippen molar-refractivity contribution in [2.24, 2.45) is 0 Å². The average molecular weight is 286 g/mol. The molecule has 0 aromatic carbocycles. The lowest BCUT2D eigenvalue weighted by molar-refractivity contribution is -0.388. The van der Waals surface area contributed by atoms with Crippen molar-refractivity contribution < 1.29 is 13.3 Å². The summed E-state index contributed by atoms with van der Waals surface area (Å²) in [7, 11) is -3.97. The first-order valence-electron chi connectivity index (χ1n) is 5.83. The Labute approximate surface area is 110 Å². The quantitative estimate of drug-likeness (QED) is 0.582. The standard InChI is InChI=1S/C10H14N4O4S/c15-14(16)9-4-2-6-12-10(9)19(17,18)13-7-8-3-1-5-11-8/h2,4,6,8,11,13H,1,3,5,7H2. The van der Waals surface area contributed by atoms with Crippen LogP contribution in [0.1, 0.15) is 12.8 Å². The molecule has 0 radical (unpaired) electrons. The fourth-order valence-corrected chi connectivity index (χ4v) is 3.11. The SMILES string of the molecule is O=[N+]([O-])c1cccnc1S(=O)(=O)NCC1CCCN1. The Hall–Kier alpha value is -1.58. The first-order valence-corrected chi connectivity index (χ1v) is 7.31. The summed E-state index contributed by atoms with van der Waals surface area (Å²) < 4.78 is 26.4. The number of aromatic nitrogens is 1. The van der Waals surface area contributed by atoms with Crippen molar-refractivity contribution in [1.29, 1.82) is 0 Å². The summed E-state index contributed by atoms with van der Waals surface area (Å²) in [6.45, 7) is 1.06. The van der Waals surface area contributed by atoms with Crippen LogP contribution >= 0.6 is 0 Å². The van der Waals surface area contributed by atoms with Gasteiger partial charge in [-0.15, -0.1) is 0 Å². The molecule has 1 saturated heterocycles. The molecule has 0 saturated carbocycles. The van der Waals surface area contributed by atoms with E-state index in [1.54, 1.807) is 0 Å². The normalized spacial score (nSPS) is 19.5. The van der Waals surface area contributed by atoms with Crippen LogP contribution < -0.4 is 10.0 Å². The third-order valence-corrected chi connectivity index (χ3v) is 4.25. The van der Waals surface area contributed by atoms with Crippen LogP contribution in [0.25, 0.3) is 0 Å². The van der Waals surface area contributed by atoms with Gasteiger partial charge in [0.05, 0.1) is 4.92 Å². The molecule has 8 nitrogen and oxygen atoms in total. The molecule has 2 N–H and O–H groups in total. The molecule has 0 amide bonds. The van der Waals surface area contributed by atoms with Crippen LogP contribution in [0, 0.1) is 10.1 Å². The first kappa shape index (κ1) is 13.8. The van der Waals surface area contributed by atoms with Crippen LogP contribution in [0.3, 0.4) is 0 Å². The largest absolute Gasteiger partial charge is 0.313 e. The summed E-state index contributed by atoms with van der Waals surface area (Å²) in [5, 5.41) is 13.4. The van der Waals surface area contributed by atoms with E-state index >= 15 is 0 Å². The van der Waals surface area contributed by atoms with Gasteiger partial charge in [0.25, 0.3) is 10.0 Å². The van der Waals surface area contributed by atoms with Gasteiger partial charge in [-0.25, -0.2) is 18.1 Å². The highest BCUT2D eigenvalue weighted by molar-refractivity contribution is 7.89. The highest BCUT2D eigenvalue weighted by atomic mass is 32.2. The molecule has 1 aliphatic rings. The highest BCUT2D eigenvalue weighted by Gasteiger charge is 2.28. The van der Waals surface area contributed by atoms with Gasteiger partial charge >= 0.3 is 5.69 Å². The highest BCUT2D eigenvalue weighted by Crippen LogP contribution is 2.20. The molecular formula is C10H14N4O4S. The topological polar surface area (TPSA) is 114 Å². The Morgan fingerprint density at radius 1 is 1.58 bits per heavy atom. The molecule has 2 rings (SSSR count). The van der Waals surface area contributed by atoms with E-state index in [4.69, 9.17) is 0 Å². The summed E-state index contributed by atoms with van der Waals surface area (Å²) in [5.41, 5.74) is -0.519. The third-order valence-electron chi connectivity index (χ3n) is 2.88. The Kier molecular flexibility index (Phi) is 4.08. The lowest BCUT2D eigenvalue weighted by Crippen LogP contribution is -2.37. The average Bonchev–Trinajstić information content (AvgIpc) is 2.89. The molecule has 19 heavy (non-hydrogen) atoms. The number of hydrogen-bond acceptors (Lipinski definition) is 6. The molecule has 1 fully saturated rings. The minimum atomic E-state index is -3.97. The smallest absolute Gasteiger partial charge is 0.308 e. The predicted molar refractivity (Wildman–Crippen MR) is 67.1 cm³/mol. The lowest BCUT2D eigenvalue weighted by atomic mass is 10.2. The van der Waals surface area contributed by atoms with Crippen LogP contribution in [-0.4, -0.2) is 37.5 Å². The summed E-state index contributed by atoms with van der Waals surface area (Å²) in [6.07, 6.45) is 3.10. The number of rotatable bonds is 5. The van der Waals surface area contributed by atoms with E-state index in [1.165, 1.54) is 12.3 Å². The van der Waals surface area contributed by atoms with E-state index in [9.17, 15) is 18.5 Å². The number of hydrogen-bond donors (Lipinski definition) is 2. The predicted octanol–water partition coefficient (Wildman–Crippen LogP) is 0.0201. The number of nitro groups is 1. The second kappa shape index (κ2) is 5.59. The van der Waals surface area contributed by atoms with Gasteiger partial charge in [0.2, 0.25) is 5.03 Å². The molecule has 1 aromatic rings. The molecule has 1 aliphatic heterocycles. The van der Waals surface area contributed by atoms with Gasteiger partial charge in [-0.3, -0.25) is 10.1 Å². The van der Waals surface area contributed by atoms with Crippen molar-refractivity contribution in [3.63, 3.8) is 0 Å². The van der Waals surface area contributed by atoms with Crippen molar-refractivity contribution in [2.45, 2.75) is 23.9 Å². The molecule has 2 heterocycles. The zero-order valence-electron chi connectivity index (χ0n) is 10.1. The van der Waals surface area contributed by atoms with Gasteiger partial charge in [0.1, 0.15) is 0 Å². The van der Waals surface area contributed by atoms with E-state index < -0.39 is 25.7 Å². The molecule has 1 aromatic heterocycles. The maximum absolute atomic E-state index is 12.0. The fraction of sp³-hybridized carbons (Fsp3) is 0.500. The monoisotopic (exact) mass is 286 g/mol. The summed E-state index contributed by atoms with van der Waals surface area (Å²) in [5.74, 6) is 0. The van der Waals surface area contributed by atoms with Crippen LogP contribution in [0.4, 0.5) is 5.69 Å². The molecule has 9 heteroatoms. The molecule has 1 atom stereocenters. The second-order valence-electron chi connectivity index (χ2n) is 4.23. The number of sulfonamides is 1. The van der Waals surface area contributed by atoms with Crippen LogP contribution in [0.15, 0.2) is 23.4 Å². The van der Waals surface area contributed by atoms with Gasteiger partial charge in [0.15, 0.2) is 0 Å². The Morgan fingerprint density at radius 2 is 2.37 bits per heavy atom. The maximum atomic E-state index is 12.0. The minimum Gasteiger partial charge on any atom is -0.313 e. The number of nitrogens with one attached hydrogen (secondary N) is 2. The van der Waals surface area contributed by atoms with Gasteiger partial charge in [-0.2, -0.15) is 0 Å². The van der Waals surface area contributed by atoms with E-state index in [2.05, 4.69) is 15.0 Å². The molecule has 0 spiro atoms. The molecule has 0 aliphatic carbocycles.